The number of allylic oxidation sites excluding steroid dienone is 2. The predicted octanol–water partition coefficient (Wildman–Crippen LogP) is 7.41. The number of rotatable bonds is 5. The van der Waals surface area contributed by atoms with E-state index in [9.17, 15) is 24.3 Å². The van der Waals surface area contributed by atoms with Crippen LogP contribution >= 0.6 is 15.9 Å². The third kappa shape index (κ3) is 4.51. The third-order valence-corrected chi connectivity index (χ3v) is 12.0. The van der Waals surface area contributed by atoms with Gasteiger partial charge in [-0.05, 0) is 86.3 Å². The molecule has 0 spiro atoms. The van der Waals surface area contributed by atoms with Gasteiger partial charge >= 0.3 is 0 Å². The number of amides is 4. The van der Waals surface area contributed by atoms with E-state index in [-0.39, 0.29) is 48.0 Å². The Morgan fingerprint density at radius 1 is 0.865 bits per heavy atom. The second-order valence-corrected chi connectivity index (χ2v) is 15.0. The number of benzene rings is 4. The molecule has 5 aromatic rings. The van der Waals surface area contributed by atoms with E-state index in [2.05, 4.69) is 20.9 Å². The Balaban J connectivity index is 1.12. The molecule has 10 nitrogen and oxygen atoms in total. The van der Waals surface area contributed by atoms with Gasteiger partial charge in [0.2, 0.25) is 29.5 Å². The summed E-state index contributed by atoms with van der Waals surface area (Å²) in [5, 5.41) is 11.6. The zero-order valence-electron chi connectivity index (χ0n) is 28.2. The number of para-hydroxylation sites is 3. The Hall–Kier alpha value is -5.55. The van der Waals surface area contributed by atoms with Gasteiger partial charge in [0.15, 0.2) is 17.1 Å². The number of anilines is 2. The van der Waals surface area contributed by atoms with Gasteiger partial charge in [0.1, 0.15) is 5.52 Å². The Labute approximate surface area is 306 Å². The number of aromatic nitrogens is 1. The molecule has 1 N–H and O–H groups in total. The van der Waals surface area contributed by atoms with E-state index < -0.39 is 35.0 Å². The highest BCUT2D eigenvalue weighted by molar-refractivity contribution is 9.10. The summed E-state index contributed by atoms with van der Waals surface area (Å²) in [6.07, 6.45) is 2.42. The number of phenolic OH excluding ortho intramolecular Hbond substituents is 1. The van der Waals surface area contributed by atoms with Gasteiger partial charge < -0.3 is 14.3 Å². The van der Waals surface area contributed by atoms with Crippen LogP contribution in [0.3, 0.4) is 0 Å². The Bertz CT molecular complexity index is 2340. The van der Waals surface area contributed by atoms with E-state index in [0.29, 0.717) is 38.4 Å². The highest BCUT2D eigenvalue weighted by Crippen LogP contribution is 2.65. The zero-order valence-corrected chi connectivity index (χ0v) is 29.7. The number of fused-ring (bicyclic) bond motifs is 5. The molecule has 4 aromatic carbocycles. The summed E-state index contributed by atoms with van der Waals surface area (Å²) in [6, 6.07) is 26.6. The van der Waals surface area contributed by atoms with Crippen LogP contribution < -0.4 is 14.5 Å². The van der Waals surface area contributed by atoms with Crippen molar-refractivity contribution < 1.29 is 33.4 Å². The summed E-state index contributed by atoms with van der Waals surface area (Å²) in [4.78, 5) is 64.8. The molecule has 3 fully saturated rings. The van der Waals surface area contributed by atoms with Crippen molar-refractivity contribution in [3.05, 3.63) is 113 Å². The smallest absolute Gasteiger partial charge is 0.241 e. The van der Waals surface area contributed by atoms with Crippen LogP contribution in [0.15, 0.2) is 112 Å². The number of carbonyl (C=O) groups is 4. The minimum Gasteiger partial charge on any atom is -0.504 e. The molecule has 6 atom stereocenters. The molecular formula is C41H32BrN3O7. The van der Waals surface area contributed by atoms with Crippen LogP contribution in [-0.2, 0) is 19.2 Å². The number of phenols is 1. The SMILES string of the molecule is COc1cc(Br)cc(C2C3=CCC4C(=O)N(c5ccc(-c6nc7ccccc7o6)cc5)C(=O)C4C3CC3C(=O)N(c4ccccc4)C(=O)C32C)c1O. The van der Waals surface area contributed by atoms with Crippen molar-refractivity contribution >= 4 is 62.0 Å². The van der Waals surface area contributed by atoms with Gasteiger partial charge in [-0.25, -0.2) is 9.88 Å². The first-order valence-electron chi connectivity index (χ1n) is 17.2. The molecule has 4 amide bonds. The molecular weight excluding hydrogens is 726 g/mol. The van der Waals surface area contributed by atoms with E-state index in [0.717, 1.165) is 11.1 Å². The maximum atomic E-state index is 14.7. The lowest BCUT2D eigenvalue weighted by molar-refractivity contribution is -0.131. The van der Waals surface area contributed by atoms with Crippen LogP contribution in [0.25, 0.3) is 22.6 Å². The monoisotopic (exact) mass is 757 g/mol. The Kier molecular flexibility index (Phi) is 7.31. The lowest BCUT2D eigenvalue weighted by atomic mass is 9.51. The maximum absolute atomic E-state index is 14.7. The van der Waals surface area contributed by atoms with Crippen molar-refractivity contribution in [1.29, 1.82) is 0 Å². The second kappa shape index (κ2) is 11.7. The number of imide groups is 2. The normalized spacial score (nSPS) is 26.8. The largest absolute Gasteiger partial charge is 0.504 e. The van der Waals surface area contributed by atoms with Crippen LogP contribution in [0.1, 0.15) is 31.2 Å². The number of nitrogens with zero attached hydrogens (tertiary/aromatic N) is 3. The van der Waals surface area contributed by atoms with Gasteiger partial charge in [-0.15, -0.1) is 0 Å². The van der Waals surface area contributed by atoms with E-state index in [1.807, 2.05) is 36.4 Å². The number of oxazole rings is 1. The number of methoxy groups -OCH3 is 1. The fourth-order valence-electron chi connectivity index (χ4n) is 9.16. The standard InChI is InChI=1S/C41H32BrN3O7/c1-41-29(38(48)45(40(41)50)23-8-4-3-5-9-23)20-27-25(34(41)28-18-22(42)19-32(51-2)35(28)46)16-17-26-33(27)39(49)44(37(26)47)24-14-12-21(13-15-24)36-43-30-10-6-7-11-31(30)52-36/h3-16,18-19,26-27,29,33-34,46H,17,20H2,1-2H3. The molecule has 2 aliphatic carbocycles. The van der Waals surface area contributed by atoms with Crippen molar-refractivity contribution in [3.8, 4) is 23.0 Å². The molecule has 0 radical (unpaired) electrons. The highest BCUT2D eigenvalue weighted by atomic mass is 79.9. The Morgan fingerprint density at radius 2 is 1.58 bits per heavy atom. The first-order chi connectivity index (χ1) is 25.1. The van der Waals surface area contributed by atoms with Gasteiger partial charge in [-0.1, -0.05) is 57.9 Å². The van der Waals surface area contributed by atoms with Crippen LogP contribution in [0.4, 0.5) is 11.4 Å². The molecule has 9 rings (SSSR count). The van der Waals surface area contributed by atoms with Crippen LogP contribution in [0, 0.1) is 29.1 Å². The van der Waals surface area contributed by atoms with E-state index >= 15 is 0 Å². The molecule has 2 aliphatic heterocycles. The van der Waals surface area contributed by atoms with Crippen LogP contribution in [-0.4, -0.2) is 40.8 Å². The van der Waals surface area contributed by atoms with E-state index in [4.69, 9.17) is 9.15 Å². The summed E-state index contributed by atoms with van der Waals surface area (Å²) in [5.74, 6) is -4.49. The summed E-state index contributed by atoms with van der Waals surface area (Å²) in [7, 11) is 1.45. The number of ether oxygens (including phenoxy) is 1. The molecule has 1 aromatic heterocycles. The molecule has 1 saturated carbocycles. The quantitative estimate of drug-likeness (QED) is 0.145. The molecule has 4 aliphatic rings. The van der Waals surface area contributed by atoms with Crippen molar-refractivity contribution in [3.63, 3.8) is 0 Å². The molecule has 6 unspecified atom stereocenters. The van der Waals surface area contributed by atoms with E-state index in [1.54, 1.807) is 67.6 Å². The third-order valence-electron chi connectivity index (χ3n) is 11.6. The lowest BCUT2D eigenvalue weighted by Crippen LogP contribution is -2.49. The number of hydrogen-bond acceptors (Lipinski definition) is 8. The summed E-state index contributed by atoms with van der Waals surface area (Å²) < 4.78 is 12.1. The minimum atomic E-state index is -1.31. The molecule has 0 bridgehead atoms. The Morgan fingerprint density at radius 3 is 2.31 bits per heavy atom. The molecule has 2 saturated heterocycles. The van der Waals surface area contributed by atoms with Gasteiger partial charge in [-0.2, -0.15) is 0 Å². The number of carbonyl (C=O) groups excluding carboxylic acids is 4. The average Bonchev–Trinajstić information content (AvgIpc) is 3.76. The predicted molar refractivity (Wildman–Crippen MR) is 195 cm³/mol. The molecule has 52 heavy (non-hydrogen) atoms. The summed E-state index contributed by atoms with van der Waals surface area (Å²) >= 11 is 3.55. The van der Waals surface area contributed by atoms with Gasteiger partial charge in [0.05, 0.1) is 41.7 Å². The first kappa shape index (κ1) is 32.4. The summed E-state index contributed by atoms with van der Waals surface area (Å²) in [5.41, 5.74) is 2.84. The van der Waals surface area contributed by atoms with Gasteiger partial charge in [0.25, 0.3) is 0 Å². The van der Waals surface area contributed by atoms with Gasteiger partial charge in [-0.3, -0.25) is 24.1 Å². The lowest BCUT2D eigenvalue weighted by Gasteiger charge is -2.49. The van der Waals surface area contributed by atoms with Crippen molar-refractivity contribution in [2.24, 2.45) is 29.1 Å². The molecule has 3 heterocycles. The molecule has 260 valence electrons. The maximum Gasteiger partial charge on any atom is 0.241 e. The average molecular weight is 759 g/mol. The van der Waals surface area contributed by atoms with Gasteiger partial charge in [0, 0.05) is 21.5 Å². The van der Waals surface area contributed by atoms with Crippen LogP contribution in [0.2, 0.25) is 0 Å². The first-order valence-corrected chi connectivity index (χ1v) is 17.9. The zero-order chi connectivity index (χ0) is 36.1. The number of halogens is 1. The second-order valence-electron chi connectivity index (χ2n) is 14.1. The summed E-state index contributed by atoms with van der Waals surface area (Å²) in [6.45, 7) is 1.79. The fraction of sp³-hybridized carbons (Fsp3) is 0.244. The van der Waals surface area contributed by atoms with Crippen molar-refractivity contribution in [2.45, 2.75) is 25.7 Å². The van der Waals surface area contributed by atoms with Crippen molar-refractivity contribution in [1.82, 2.24) is 4.98 Å². The number of hydrogen-bond donors (Lipinski definition) is 1. The van der Waals surface area contributed by atoms with Crippen molar-refractivity contribution in [2.75, 3.05) is 16.9 Å². The highest BCUT2D eigenvalue weighted by Gasteiger charge is 2.68. The minimum absolute atomic E-state index is 0.146. The topological polar surface area (TPSA) is 130 Å². The van der Waals surface area contributed by atoms with Crippen LogP contribution in [0.5, 0.6) is 11.5 Å². The number of aromatic hydroxyl groups is 1. The molecule has 11 heteroatoms. The fourth-order valence-corrected chi connectivity index (χ4v) is 9.61. The van der Waals surface area contributed by atoms with E-state index in [1.165, 1.54) is 16.9 Å².